The van der Waals surface area contributed by atoms with Crippen LogP contribution in [0.1, 0.15) is 91.3 Å². The molecule has 1 aromatic heterocycles. The highest BCUT2D eigenvalue weighted by Gasteiger charge is 2.41. The molecule has 0 aromatic carbocycles. The highest BCUT2D eigenvalue weighted by Crippen LogP contribution is 2.35. The van der Waals surface area contributed by atoms with Gasteiger partial charge in [0.2, 0.25) is 0 Å². The minimum Gasteiger partial charge on any atom is -0.457 e. The van der Waals surface area contributed by atoms with Gasteiger partial charge in [0, 0.05) is 17.7 Å². The molecule has 0 saturated carbocycles. The van der Waals surface area contributed by atoms with Gasteiger partial charge in [-0.1, -0.05) is 52.7 Å². The Balaban J connectivity index is 2.33. The number of hydrogen-bond acceptors (Lipinski definition) is 6. The van der Waals surface area contributed by atoms with Crippen molar-refractivity contribution >= 4 is 29.2 Å². The van der Waals surface area contributed by atoms with Crippen molar-refractivity contribution in [1.82, 2.24) is 4.98 Å². The lowest BCUT2D eigenvalue weighted by atomic mass is 9.70. The van der Waals surface area contributed by atoms with Gasteiger partial charge in [-0.2, -0.15) is 0 Å². The van der Waals surface area contributed by atoms with Crippen molar-refractivity contribution in [2.75, 3.05) is 0 Å². The van der Waals surface area contributed by atoms with Crippen LogP contribution in [-0.4, -0.2) is 34.1 Å². The number of ketones is 1. The number of nitrogens with zero attached hydrogens (tertiary/aromatic N) is 1. The average Bonchev–Trinajstić information content (AvgIpc) is 3.18. The first-order chi connectivity index (χ1) is 15.8. The van der Waals surface area contributed by atoms with Gasteiger partial charge < -0.3 is 9.84 Å². The fourth-order valence-electron chi connectivity index (χ4n) is 4.58. The van der Waals surface area contributed by atoms with E-state index >= 15 is 0 Å². The number of cyclic esters (lactones) is 1. The number of aliphatic hydroxyl groups is 1. The molecule has 0 fully saturated rings. The second-order valence-corrected chi connectivity index (χ2v) is 11.8. The zero-order valence-electron chi connectivity index (χ0n) is 22.2. The lowest BCUT2D eigenvalue weighted by Crippen LogP contribution is -2.44. The Morgan fingerprint density at radius 3 is 2.53 bits per heavy atom. The molecule has 0 spiro atoms. The highest BCUT2D eigenvalue weighted by molar-refractivity contribution is 7.09. The van der Waals surface area contributed by atoms with Gasteiger partial charge in [0.1, 0.15) is 11.9 Å². The van der Waals surface area contributed by atoms with Crippen LogP contribution < -0.4 is 0 Å². The van der Waals surface area contributed by atoms with Gasteiger partial charge in [0.15, 0.2) is 0 Å². The number of esters is 1. The standard InChI is InChI=1S/C28H43NO4S/c1-17-10-9-11-18(2)20(4)21(5)27(32)28(7,8)25(30)15-26(31)33-24(13-12-17)19(3)14-23-16-34-22(6)29-23/h12,14,16,18,20-21,24-25,30H,9-11,13,15H2,1-8H3/b17-12-,19-14+. The number of allylic oxidation sites excluding steroid dienone is 1. The summed E-state index contributed by atoms with van der Waals surface area (Å²) in [5.41, 5.74) is 2.01. The van der Waals surface area contributed by atoms with Crippen LogP contribution in [0, 0.1) is 30.1 Å². The van der Waals surface area contributed by atoms with E-state index in [4.69, 9.17) is 4.74 Å². The summed E-state index contributed by atoms with van der Waals surface area (Å²) in [6.45, 7) is 15.8. The first-order valence-electron chi connectivity index (χ1n) is 12.5. The van der Waals surface area contributed by atoms with E-state index in [9.17, 15) is 14.7 Å². The quantitative estimate of drug-likeness (QED) is 0.377. The highest BCUT2D eigenvalue weighted by atomic mass is 32.1. The van der Waals surface area contributed by atoms with Gasteiger partial charge in [0.05, 0.1) is 28.6 Å². The molecule has 1 aliphatic heterocycles. The zero-order chi connectivity index (χ0) is 25.6. The predicted molar refractivity (Wildman–Crippen MR) is 140 cm³/mol. The Hall–Kier alpha value is -1.79. The second-order valence-electron chi connectivity index (χ2n) is 10.8. The lowest BCUT2D eigenvalue weighted by molar-refractivity contribution is -0.153. The first-order valence-corrected chi connectivity index (χ1v) is 13.4. The van der Waals surface area contributed by atoms with Crippen LogP contribution in [0.5, 0.6) is 0 Å². The van der Waals surface area contributed by atoms with E-state index in [0.29, 0.717) is 12.3 Å². The molecule has 5 nitrogen and oxygen atoms in total. The molecule has 2 rings (SSSR count). The SMILES string of the molecule is C/C1=C/CC(/C(C)=C/c2csc(C)n2)OC(=O)CC(O)C(C)(C)C(=O)C(C)C(C)C(C)CCC1. The Kier molecular flexibility index (Phi) is 10.3. The summed E-state index contributed by atoms with van der Waals surface area (Å²) in [4.78, 5) is 30.7. The largest absolute Gasteiger partial charge is 0.457 e. The number of carbonyl (C=O) groups is 2. The maximum absolute atomic E-state index is 13.3. The summed E-state index contributed by atoms with van der Waals surface area (Å²) >= 11 is 1.58. The summed E-state index contributed by atoms with van der Waals surface area (Å²) in [5.74, 6) is -0.0824. The number of carbonyl (C=O) groups excluding carboxylic acids is 2. The minimum absolute atomic E-state index is 0.00171. The zero-order valence-corrected chi connectivity index (χ0v) is 23.0. The third-order valence-corrected chi connectivity index (χ3v) is 8.42. The van der Waals surface area contributed by atoms with Gasteiger partial charge in [-0.25, -0.2) is 4.98 Å². The number of thiazole rings is 1. The number of aryl methyl sites for hydroxylation is 1. The average molecular weight is 490 g/mol. The van der Waals surface area contributed by atoms with Crippen LogP contribution in [-0.2, 0) is 14.3 Å². The monoisotopic (exact) mass is 489 g/mol. The van der Waals surface area contributed by atoms with E-state index in [1.165, 1.54) is 5.57 Å². The molecule has 190 valence electrons. The molecule has 5 atom stereocenters. The maximum Gasteiger partial charge on any atom is 0.309 e. The van der Waals surface area contributed by atoms with E-state index in [0.717, 1.165) is 35.5 Å². The summed E-state index contributed by atoms with van der Waals surface area (Å²) in [6, 6.07) is 0. The second kappa shape index (κ2) is 12.3. The van der Waals surface area contributed by atoms with Crippen LogP contribution in [0.2, 0.25) is 0 Å². The molecule has 1 aliphatic rings. The molecule has 0 radical (unpaired) electrons. The van der Waals surface area contributed by atoms with Gasteiger partial charge in [-0.05, 0) is 57.1 Å². The van der Waals surface area contributed by atoms with E-state index in [1.54, 1.807) is 25.2 Å². The van der Waals surface area contributed by atoms with Crippen LogP contribution >= 0.6 is 11.3 Å². The molecular formula is C28H43NO4S. The van der Waals surface area contributed by atoms with E-state index in [2.05, 4.69) is 31.8 Å². The third-order valence-electron chi connectivity index (χ3n) is 7.63. The Labute approximate surface area is 209 Å². The fourth-order valence-corrected chi connectivity index (χ4v) is 5.15. The molecule has 1 aromatic rings. The molecule has 0 amide bonds. The Morgan fingerprint density at radius 2 is 1.91 bits per heavy atom. The van der Waals surface area contributed by atoms with E-state index < -0.39 is 23.6 Å². The van der Waals surface area contributed by atoms with Gasteiger partial charge >= 0.3 is 5.97 Å². The Morgan fingerprint density at radius 1 is 1.24 bits per heavy atom. The number of aromatic nitrogens is 1. The van der Waals surface area contributed by atoms with Gasteiger partial charge in [-0.15, -0.1) is 11.3 Å². The van der Waals surface area contributed by atoms with Crippen LogP contribution in [0.4, 0.5) is 0 Å². The van der Waals surface area contributed by atoms with Crippen LogP contribution in [0.15, 0.2) is 22.6 Å². The summed E-state index contributed by atoms with van der Waals surface area (Å²) in [7, 11) is 0. The summed E-state index contributed by atoms with van der Waals surface area (Å²) < 4.78 is 5.86. The summed E-state index contributed by atoms with van der Waals surface area (Å²) in [6.07, 6.45) is 6.02. The first kappa shape index (κ1) is 28.4. The van der Waals surface area contributed by atoms with Crippen LogP contribution in [0.25, 0.3) is 6.08 Å². The van der Waals surface area contributed by atoms with Crippen molar-refractivity contribution in [1.29, 1.82) is 0 Å². The number of rotatable bonds is 2. The van der Waals surface area contributed by atoms with Crippen molar-refractivity contribution in [3.05, 3.63) is 33.3 Å². The van der Waals surface area contributed by atoms with Gasteiger partial charge in [-0.3, -0.25) is 9.59 Å². The van der Waals surface area contributed by atoms with Crippen molar-refractivity contribution in [3.8, 4) is 0 Å². The van der Waals surface area contributed by atoms with Crippen molar-refractivity contribution in [2.24, 2.45) is 23.2 Å². The molecule has 1 N–H and O–H groups in total. The van der Waals surface area contributed by atoms with E-state index in [-0.39, 0.29) is 24.0 Å². The molecule has 2 heterocycles. The molecule has 5 unspecified atom stereocenters. The van der Waals surface area contributed by atoms with Crippen molar-refractivity contribution < 1.29 is 19.4 Å². The van der Waals surface area contributed by atoms with E-state index in [1.807, 2.05) is 32.2 Å². The molecule has 34 heavy (non-hydrogen) atoms. The molecular weight excluding hydrogens is 446 g/mol. The van der Waals surface area contributed by atoms with Crippen LogP contribution in [0.3, 0.4) is 0 Å². The minimum atomic E-state index is -1.10. The molecule has 0 aliphatic carbocycles. The summed E-state index contributed by atoms with van der Waals surface area (Å²) in [5, 5.41) is 13.9. The molecule has 0 bridgehead atoms. The molecule has 0 saturated heterocycles. The fraction of sp³-hybridized carbons (Fsp3) is 0.679. The lowest BCUT2D eigenvalue weighted by Gasteiger charge is -2.35. The number of hydrogen-bond donors (Lipinski definition) is 1. The van der Waals surface area contributed by atoms with Crippen molar-refractivity contribution in [2.45, 2.75) is 99.7 Å². The number of aliphatic hydroxyl groups excluding tert-OH is 1. The number of Topliss-reactive ketones (excluding diaryl/α,β-unsaturated/α-hetero) is 1. The van der Waals surface area contributed by atoms with Gasteiger partial charge in [0.25, 0.3) is 0 Å². The third kappa shape index (κ3) is 7.61. The topological polar surface area (TPSA) is 76.5 Å². The maximum atomic E-state index is 13.3. The normalized spacial score (nSPS) is 32.1. The Bertz CT molecular complexity index is 913. The van der Waals surface area contributed by atoms with Crippen molar-refractivity contribution in [3.63, 3.8) is 0 Å². The number of ether oxygens (including phenoxy) is 1. The molecule has 6 heteroatoms. The predicted octanol–water partition coefficient (Wildman–Crippen LogP) is 6.54. The smallest absolute Gasteiger partial charge is 0.309 e.